The van der Waals surface area contributed by atoms with E-state index < -0.39 is 0 Å². The molecule has 0 atom stereocenters. The van der Waals surface area contributed by atoms with E-state index >= 15 is 0 Å². The fourth-order valence-corrected chi connectivity index (χ4v) is 2.31. The Hall–Kier alpha value is -1.39. The van der Waals surface area contributed by atoms with Crippen molar-refractivity contribution in [3.63, 3.8) is 0 Å². The number of rotatable bonds is 7. The summed E-state index contributed by atoms with van der Waals surface area (Å²) in [7, 11) is 0. The number of hydrazine groups is 1. The van der Waals surface area contributed by atoms with Crippen LogP contribution in [0.25, 0.3) is 0 Å². The van der Waals surface area contributed by atoms with Crippen molar-refractivity contribution in [2.75, 3.05) is 6.61 Å². The molecule has 0 unspecified atom stereocenters. The van der Waals surface area contributed by atoms with Crippen LogP contribution in [0.2, 0.25) is 0 Å². The van der Waals surface area contributed by atoms with Crippen LogP contribution in [-0.4, -0.2) is 12.5 Å². The SMILES string of the molecule is NNC(=O)Cc1ccccc1COCCC1CCC1. The van der Waals surface area contributed by atoms with Crippen molar-refractivity contribution in [2.24, 2.45) is 11.8 Å². The first-order chi connectivity index (χ1) is 9.29. The van der Waals surface area contributed by atoms with E-state index in [-0.39, 0.29) is 5.91 Å². The van der Waals surface area contributed by atoms with Crippen molar-refractivity contribution in [1.82, 2.24) is 5.43 Å². The highest BCUT2D eigenvalue weighted by molar-refractivity contribution is 5.78. The predicted molar refractivity (Wildman–Crippen MR) is 74.1 cm³/mol. The minimum atomic E-state index is -0.179. The molecular weight excluding hydrogens is 240 g/mol. The van der Waals surface area contributed by atoms with Crippen LogP contribution in [0, 0.1) is 5.92 Å². The highest BCUT2D eigenvalue weighted by Gasteiger charge is 2.16. The highest BCUT2D eigenvalue weighted by Crippen LogP contribution is 2.29. The Morgan fingerprint density at radius 2 is 2.05 bits per heavy atom. The van der Waals surface area contributed by atoms with Crippen LogP contribution in [-0.2, 0) is 22.6 Å². The summed E-state index contributed by atoms with van der Waals surface area (Å²) in [4.78, 5) is 11.3. The molecule has 0 spiro atoms. The Morgan fingerprint density at radius 1 is 1.32 bits per heavy atom. The monoisotopic (exact) mass is 262 g/mol. The first-order valence-corrected chi connectivity index (χ1v) is 6.93. The Kier molecular flexibility index (Phi) is 5.36. The number of nitrogens with one attached hydrogen (secondary N) is 1. The van der Waals surface area contributed by atoms with Gasteiger partial charge in [0, 0.05) is 6.61 Å². The second-order valence-electron chi connectivity index (χ2n) is 5.15. The molecule has 0 aliphatic heterocycles. The topological polar surface area (TPSA) is 64.3 Å². The first-order valence-electron chi connectivity index (χ1n) is 6.93. The molecule has 2 rings (SSSR count). The lowest BCUT2D eigenvalue weighted by molar-refractivity contribution is -0.120. The van der Waals surface area contributed by atoms with Crippen LogP contribution in [0.3, 0.4) is 0 Å². The van der Waals surface area contributed by atoms with Gasteiger partial charge in [-0.15, -0.1) is 0 Å². The molecule has 1 amide bonds. The zero-order chi connectivity index (χ0) is 13.5. The number of hydrogen-bond donors (Lipinski definition) is 2. The summed E-state index contributed by atoms with van der Waals surface area (Å²) in [5.74, 6) is 5.81. The van der Waals surface area contributed by atoms with Crippen molar-refractivity contribution in [3.8, 4) is 0 Å². The lowest BCUT2D eigenvalue weighted by Gasteiger charge is -2.24. The Bertz CT molecular complexity index is 416. The predicted octanol–water partition coefficient (Wildman–Crippen LogP) is 1.93. The smallest absolute Gasteiger partial charge is 0.238 e. The normalized spacial score (nSPS) is 15.0. The van der Waals surface area contributed by atoms with Crippen LogP contribution >= 0.6 is 0 Å². The number of hydrogen-bond acceptors (Lipinski definition) is 3. The number of ether oxygens (including phenoxy) is 1. The van der Waals surface area contributed by atoms with Gasteiger partial charge in [0.25, 0.3) is 0 Å². The van der Waals surface area contributed by atoms with Crippen molar-refractivity contribution in [1.29, 1.82) is 0 Å². The standard InChI is InChI=1S/C15H22N2O2/c16-17-15(18)10-13-6-1-2-7-14(13)11-19-9-8-12-4-3-5-12/h1-2,6-7,12H,3-5,8-11,16H2,(H,17,18). The third-order valence-corrected chi connectivity index (χ3v) is 3.78. The lowest BCUT2D eigenvalue weighted by atomic mass is 9.83. The summed E-state index contributed by atoms with van der Waals surface area (Å²) in [6.45, 7) is 1.38. The number of carbonyl (C=O) groups is 1. The largest absolute Gasteiger partial charge is 0.377 e. The molecule has 0 saturated heterocycles. The fraction of sp³-hybridized carbons (Fsp3) is 0.533. The van der Waals surface area contributed by atoms with Crippen molar-refractivity contribution >= 4 is 5.91 Å². The molecule has 1 aromatic rings. The summed E-state index contributed by atoms with van der Waals surface area (Å²) in [6.07, 6.45) is 5.55. The quantitative estimate of drug-likeness (QED) is 0.341. The molecule has 1 fully saturated rings. The summed E-state index contributed by atoms with van der Waals surface area (Å²) in [5.41, 5.74) is 4.21. The van der Waals surface area contributed by atoms with Gasteiger partial charge in [-0.1, -0.05) is 43.5 Å². The van der Waals surface area contributed by atoms with Gasteiger partial charge in [-0.25, -0.2) is 5.84 Å². The van der Waals surface area contributed by atoms with E-state index in [1.807, 2.05) is 24.3 Å². The number of amides is 1. The second-order valence-corrected chi connectivity index (χ2v) is 5.15. The molecule has 3 N–H and O–H groups in total. The number of benzene rings is 1. The van der Waals surface area contributed by atoms with Crippen LogP contribution in [0.5, 0.6) is 0 Å². The van der Waals surface area contributed by atoms with Gasteiger partial charge in [0.15, 0.2) is 0 Å². The summed E-state index contributed by atoms with van der Waals surface area (Å²) >= 11 is 0. The molecule has 104 valence electrons. The van der Waals surface area contributed by atoms with E-state index in [0.717, 1.165) is 30.1 Å². The Balaban J connectivity index is 1.79. The molecule has 1 aliphatic carbocycles. The van der Waals surface area contributed by atoms with E-state index in [4.69, 9.17) is 10.6 Å². The van der Waals surface area contributed by atoms with Gasteiger partial charge in [0.2, 0.25) is 5.91 Å². The molecule has 4 heteroatoms. The Labute approximate surface area is 114 Å². The van der Waals surface area contributed by atoms with E-state index in [2.05, 4.69) is 5.43 Å². The molecule has 1 aromatic carbocycles. The molecule has 19 heavy (non-hydrogen) atoms. The van der Waals surface area contributed by atoms with E-state index in [1.54, 1.807) is 0 Å². The fourth-order valence-electron chi connectivity index (χ4n) is 2.31. The second kappa shape index (κ2) is 7.26. The first kappa shape index (κ1) is 14.0. The van der Waals surface area contributed by atoms with Gasteiger partial charge in [-0.3, -0.25) is 10.2 Å². The maximum absolute atomic E-state index is 11.3. The molecule has 0 heterocycles. The minimum absolute atomic E-state index is 0.179. The van der Waals surface area contributed by atoms with Gasteiger partial charge in [0.05, 0.1) is 13.0 Å². The maximum atomic E-state index is 11.3. The van der Waals surface area contributed by atoms with Crippen LogP contribution < -0.4 is 11.3 Å². The summed E-state index contributed by atoms with van der Waals surface area (Å²) in [6, 6.07) is 7.84. The zero-order valence-electron chi connectivity index (χ0n) is 11.2. The zero-order valence-corrected chi connectivity index (χ0v) is 11.2. The lowest BCUT2D eigenvalue weighted by Crippen LogP contribution is -2.31. The highest BCUT2D eigenvalue weighted by atomic mass is 16.5. The molecule has 4 nitrogen and oxygen atoms in total. The molecule has 1 saturated carbocycles. The molecule has 0 aromatic heterocycles. The number of carbonyl (C=O) groups excluding carboxylic acids is 1. The third kappa shape index (κ3) is 4.33. The van der Waals surface area contributed by atoms with Crippen molar-refractivity contribution in [3.05, 3.63) is 35.4 Å². The van der Waals surface area contributed by atoms with Gasteiger partial charge in [0.1, 0.15) is 0 Å². The van der Waals surface area contributed by atoms with Crippen LogP contribution in [0.15, 0.2) is 24.3 Å². The van der Waals surface area contributed by atoms with Gasteiger partial charge in [-0.2, -0.15) is 0 Å². The maximum Gasteiger partial charge on any atom is 0.238 e. The summed E-state index contributed by atoms with van der Waals surface area (Å²) in [5, 5.41) is 0. The van der Waals surface area contributed by atoms with E-state index in [1.165, 1.54) is 19.3 Å². The average molecular weight is 262 g/mol. The minimum Gasteiger partial charge on any atom is -0.377 e. The average Bonchev–Trinajstić information content (AvgIpc) is 2.38. The van der Waals surface area contributed by atoms with Crippen LogP contribution in [0.4, 0.5) is 0 Å². The van der Waals surface area contributed by atoms with Crippen molar-refractivity contribution in [2.45, 2.75) is 38.7 Å². The van der Waals surface area contributed by atoms with Gasteiger partial charge >= 0.3 is 0 Å². The van der Waals surface area contributed by atoms with Gasteiger partial charge < -0.3 is 4.74 Å². The van der Waals surface area contributed by atoms with Crippen LogP contribution in [0.1, 0.15) is 36.8 Å². The van der Waals surface area contributed by atoms with E-state index in [9.17, 15) is 4.79 Å². The summed E-state index contributed by atoms with van der Waals surface area (Å²) < 4.78 is 5.72. The molecule has 0 radical (unpaired) electrons. The van der Waals surface area contributed by atoms with Crippen molar-refractivity contribution < 1.29 is 9.53 Å². The molecular formula is C15H22N2O2. The Morgan fingerprint density at radius 3 is 2.68 bits per heavy atom. The van der Waals surface area contributed by atoms with Gasteiger partial charge in [-0.05, 0) is 23.5 Å². The van der Waals surface area contributed by atoms with E-state index in [0.29, 0.717) is 13.0 Å². The number of nitrogens with two attached hydrogens (primary N) is 1. The third-order valence-electron chi connectivity index (χ3n) is 3.78. The molecule has 1 aliphatic rings. The molecule has 0 bridgehead atoms.